The zero-order chi connectivity index (χ0) is 13.2. The van der Waals surface area contributed by atoms with E-state index in [2.05, 4.69) is 4.99 Å². The molecule has 0 bridgehead atoms. The van der Waals surface area contributed by atoms with Gasteiger partial charge in [0.05, 0.1) is 12.3 Å². The number of ether oxygens (including phenoxy) is 2. The van der Waals surface area contributed by atoms with E-state index in [4.69, 9.17) is 9.47 Å². The summed E-state index contributed by atoms with van der Waals surface area (Å²) < 4.78 is 10.1. The summed E-state index contributed by atoms with van der Waals surface area (Å²) in [6.07, 6.45) is 3.27. The average molecular weight is 249 g/mol. The van der Waals surface area contributed by atoms with Crippen LogP contribution in [0.1, 0.15) is 19.8 Å². The number of carbonyl (C=O) groups is 1. The SMILES string of the molecule is CCCCOC(=O)COc1ccc(N=C=O)cc1. The van der Waals surface area contributed by atoms with E-state index in [0.29, 0.717) is 18.0 Å². The smallest absolute Gasteiger partial charge is 0.344 e. The molecule has 18 heavy (non-hydrogen) atoms. The number of hydrogen-bond acceptors (Lipinski definition) is 5. The van der Waals surface area contributed by atoms with Crippen LogP contribution in [0, 0.1) is 0 Å². The molecule has 96 valence electrons. The van der Waals surface area contributed by atoms with Gasteiger partial charge in [0.25, 0.3) is 0 Å². The fourth-order valence-electron chi connectivity index (χ4n) is 1.18. The molecule has 0 N–H and O–H groups in total. The van der Waals surface area contributed by atoms with Crippen molar-refractivity contribution in [3.63, 3.8) is 0 Å². The maximum absolute atomic E-state index is 11.2. The van der Waals surface area contributed by atoms with Gasteiger partial charge in [0.1, 0.15) is 5.75 Å². The van der Waals surface area contributed by atoms with Crippen LogP contribution < -0.4 is 4.74 Å². The Balaban J connectivity index is 2.34. The maximum Gasteiger partial charge on any atom is 0.344 e. The number of unbranched alkanes of at least 4 members (excludes halogenated alkanes) is 1. The Morgan fingerprint density at radius 3 is 2.67 bits per heavy atom. The van der Waals surface area contributed by atoms with Crippen molar-refractivity contribution in [1.29, 1.82) is 0 Å². The summed E-state index contributed by atoms with van der Waals surface area (Å²) in [5, 5.41) is 0. The summed E-state index contributed by atoms with van der Waals surface area (Å²) in [5.74, 6) is 0.130. The number of nitrogens with zero attached hydrogens (tertiary/aromatic N) is 1. The molecule has 0 aliphatic rings. The van der Waals surface area contributed by atoms with Crippen LogP contribution in [0.4, 0.5) is 5.69 Å². The van der Waals surface area contributed by atoms with E-state index in [0.717, 1.165) is 12.8 Å². The van der Waals surface area contributed by atoms with Gasteiger partial charge in [-0.05, 0) is 30.7 Å². The highest BCUT2D eigenvalue weighted by Crippen LogP contribution is 2.17. The number of aliphatic imine (C=N–C) groups is 1. The summed E-state index contributed by atoms with van der Waals surface area (Å²) in [4.78, 5) is 24.7. The van der Waals surface area contributed by atoms with E-state index in [1.54, 1.807) is 24.3 Å². The predicted molar refractivity (Wildman–Crippen MR) is 65.6 cm³/mol. The van der Waals surface area contributed by atoms with Crippen molar-refractivity contribution in [2.45, 2.75) is 19.8 Å². The van der Waals surface area contributed by atoms with Crippen LogP contribution in [0.15, 0.2) is 29.3 Å². The fourth-order valence-corrected chi connectivity index (χ4v) is 1.18. The van der Waals surface area contributed by atoms with E-state index < -0.39 is 5.97 Å². The van der Waals surface area contributed by atoms with E-state index in [1.165, 1.54) is 6.08 Å². The first kappa shape index (κ1) is 13.9. The Hall–Kier alpha value is -2.13. The molecule has 1 aromatic carbocycles. The molecule has 1 rings (SSSR count). The van der Waals surface area contributed by atoms with E-state index >= 15 is 0 Å². The molecule has 0 radical (unpaired) electrons. The van der Waals surface area contributed by atoms with Gasteiger partial charge in [0.2, 0.25) is 6.08 Å². The quantitative estimate of drug-likeness (QED) is 0.322. The standard InChI is InChI=1S/C13H15NO4/c1-2-3-8-17-13(16)9-18-12-6-4-11(5-7-12)14-10-15/h4-7H,2-3,8-9H2,1H3. The first-order chi connectivity index (χ1) is 8.76. The van der Waals surface area contributed by atoms with Gasteiger partial charge < -0.3 is 9.47 Å². The minimum atomic E-state index is -0.390. The molecule has 0 aliphatic carbocycles. The lowest BCUT2D eigenvalue weighted by atomic mass is 10.3. The third-order valence-electron chi connectivity index (χ3n) is 2.13. The highest BCUT2D eigenvalue weighted by molar-refractivity contribution is 5.71. The van der Waals surface area contributed by atoms with Crippen molar-refractivity contribution >= 4 is 17.7 Å². The molecule has 0 fully saturated rings. The van der Waals surface area contributed by atoms with Crippen LogP contribution in [-0.4, -0.2) is 25.3 Å². The second kappa shape index (κ2) is 8.03. The lowest BCUT2D eigenvalue weighted by Crippen LogP contribution is -2.15. The Labute approximate surface area is 105 Å². The molecule has 0 heterocycles. The van der Waals surface area contributed by atoms with Crippen molar-refractivity contribution in [3.8, 4) is 5.75 Å². The second-order valence-electron chi connectivity index (χ2n) is 3.56. The lowest BCUT2D eigenvalue weighted by molar-refractivity contribution is -0.146. The van der Waals surface area contributed by atoms with Crippen molar-refractivity contribution in [2.24, 2.45) is 4.99 Å². The van der Waals surface area contributed by atoms with Crippen LogP contribution in [0.3, 0.4) is 0 Å². The van der Waals surface area contributed by atoms with Gasteiger partial charge in [-0.1, -0.05) is 13.3 Å². The normalized spacial score (nSPS) is 9.39. The van der Waals surface area contributed by atoms with Crippen LogP contribution in [0.2, 0.25) is 0 Å². The molecule has 5 heteroatoms. The van der Waals surface area contributed by atoms with Crippen LogP contribution in [0.5, 0.6) is 5.75 Å². The number of esters is 1. The number of benzene rings is 1. The Bertz CT molecular complexity index is 421. The first-order valence-electron chi connectivity index (χ1n) is 5.72. The molecule has 0 spiro atoms. The Morgan fingerprint density at radius 1 is 1.33 bits per heavy atom. The molecule has 5 nitrogen and oxygen atoms in total. The molecule has 0 saturated carbocycles. The summed E-state index contributed by atoms with van der Waals surface area (Å²) in [7, 11) is 0. The second-order valence-corrected chi connectivity index (χ2v) is 3.56. The van der Waals surface area contributed by atoms with Crippen LogP contribution >= 0.6 is 0 Å². The van der Waals surface area contributed by atoms with Gasteiger partial charge >= 0.3 is 5.97 Å². The van der Waals surface area contributed by atoms with Gasteiger partial charge in [0.15, 0.2) is 6.61 Å². The van der Waals surface area contributed by atoms with E-state index in [1.807, 2.05) is 6.92 Å². The average Bonchev–Trinajstić information content (AvgIpc) is 2.39. The van der Waals surface area contributed by atoms with Crippen LogP contribution in [0.25, 0.3) is 0 Å². The highest BCUT2D eigenvalue weighted by atomic mass is 16.6. The topological polar surface area (TPSA) is 65.0 Å². The van der Waals surface area contributed by atoms with E-state index in [9.17, 15) is 9.59 Å². The largest absolute Gasteiger partial charge is 0.482 e. The number of hydrogen-bond donors (Lipinski definition) is 0. The van der Waals surface area contributed by atoms with Gasteiger partial charge in [0, 0.05) is 0 Å². The molecule has 0 atom stereocenters. The van der Waals surface area contributed by atoms with Gasteiger partial charge in [-0.2, -0.15) is 4.99 Å². The number of isocyanates is 1. The van der Waals surface area contributed by atoms with Crippen molar-refractivity contribution < 1.29 is 19.1 Å². The lowest BCUT2D eigenvalue weighted by Gasteiger charge is -2.06. The minimum absolute atomic E-state index is 0.125. The summed E-state index contributed by atoms with van der Waals surface area (Å²) in [5.41, 5.74) is 0.489. The zero-order valence-corrected chi connectivity index (χ0v) is 10.2. The van der Waals surface area contributed by atoms with Gasteiger partial charge in [-0.25, -0.2) is 9.59 Å². The molecular formula is C13H15NO4. The molecular weight excluding hydrogens is 234 g/mol. The third kappa shape index (κ3) is 5.27. The Morgan fingerprint density at radius 2 is 2.06 bits per heavy atom. The molecule has 1 aromatic rings. The molecule has 0 aromatic heterocycles. The number of rotatable bonds is 7. The molecule has 0 unspecified atom stereocenters. The summed E-state index contributed by atoms with van der Waals surface area (Å²) in [6, 6.07) is 6.44. The molecule has 0 aliphatic heterocycles. The van der Waals surface area contributed by atoms with Gasteiger partial charge in [-0.15, -0.1) is 0 Å². The Kier molecular flexibility index (Phi) is 6.22. The van der Waals surface area contributed by atoms with Crippen LogP contribution in [-0.2, 0) is 14.3 Å². The summed E-state index contributed by atoms with van der Waals surface area (Å²) >= 11 is 0. The third-order valence-corrected chi connectivity index (χ3v) is 2.13. The van der Waals surface area contributed by atoms with E-state index in [-0.39, 0.29) is 6.61 Å². The number of carbonyl (C=O) groups excluding carboxylic acids is 2. The van der Waals surface area contributed by atoms with Crippen molar-refractivity contribution in [2.75, 3.05) is 13.2 Å². The first-order valence-corrected chi connectivity index (χ1v) is 5.72. The minimum Gasteiger partial charge on any atom is -0.482 e. The van der Waals surface area contributed by atoms with Crippen molar-refractivity contribution in [1.82, 2.24) is 0 Å². The predicted octanol–water partition coefficient (Wildman–Crippen LogP) is 2.38. The summed E-state index contributed by atoms with van der Waals surface area (Å²) in [6.45, 7) is 2.32. The monoisotopic (exact) mass is 249 g/mol. The molecule has 0 amide bonds. The fraction of sp³-hybridized carbons (Fsp3) is 0.385. The highest BCUT2D eigenvalue weighted by Gasteiger charge is 2.03. The zero-order valence-electron chi connectivity index (χ0n) is 10.2. The maximum atomic E-state index is 11.2. The van der Waals surface area contributed by atoms with Crippen molar-refractivity contribution in [3.05, 3.63) is 24.3 Å². The molecule has 0 saturated heterocycles. The van der Waals surface area contributed by atoms with Gasteiger partial charge in [-0.3, -0.25) is 0 Å².